The quantitative estimate of drug-likeness (QED) is 0.627. The van der Waals surface area contributed by atoms with E-state index in [-0.39, 0.29) is 22.9 Å². The number of rotatable bonds is 4. The minimum Gasteiger partial charge on any atom is -0.443 e. The summed E-state index contributed by atoms with van der Waals surface area (Å²) in [6.45, 7) is 3.43. The van der Waals surface area contributed by atoms with Gasteiger partial charge in [0.05, 0.1) is 9.85 Å². The lowest BCUT2D eigenvalue weighted by Crippen LogP contribution is -1.97. The maximum Gasteiger partial charge on any atom is 0.311 e. The van der Waals surface area contributed by atoms with Crippen molar-refractivity contribution >= 4 is 11.4 Å². The lowest BCUT2D eigenvalue weighted by Gasteiger charge is -2.08. The first-order chi connectivity index (χ1) is 9.88. The first-order valence-electron chi connectivity index (χ1n) is 6.06. The van der Waals surface area contributed by atoms with Crippen molar-refractivity contribution in [3.05, 3.63) is 67.8 Å². The fourth-order valence-corrected chi connectivity index (χ4v) is 1.83. The molecule has 0 heterocycles. The molecule has 2 aromatic carbocycles. The van der Waals surface area contributed by atoms with Gasteiger partial charge in [-0.15, -0.1) is 0 Å². The van der Waals surface area contributed by atoms with Crippen LogP contribution in [-0.4, -0.2) is 9.85 Å². The third-order valence-corrected chi connectivity index (χ3v) is 2.84. The second-order valence-corrected chi connectivity index (χ2v) is 4.56. The van der Waals surface area contributed by atoms with E-state index in [2.05, 4.69) is 0 Å². The van der Waals surface area contributed by atoms with E-state index in [0.29, 0.717) is 11.1 Å². The molecule has 0 N–H and O–H groups in total. The summed E-state index contributed by atoms with van der Waals surface area (Å²) in [5.41, 5.74) is 0.939. The molecule has 0 spiro atoms. The first kappa shape index (κ1) is 14.4. The smallest absolute Gasteiger partial charge is 0.311 e. The summed E-state index contributed by atoms with van der Waals surface area (Å²) in [5, 5.41) is 22.1. The molecule has 7 nitrogen and oxygen atoms in total. The van der Waals surface area contributed by atoms with E-state index in [0.717, 1.165) is 0 Å². The van der Waals surface area contributed by atoms with Gasteiger partial charge >= 0.3 is 11.4 Å². The average molecular weight is 288 g/mol. The molecule has 21 heavy (non-hydrogen) atoms. The van der Waals surface area contributed by atoms with Crippen molar-refractivity contribution in [3.8, 4) is 11.5 Å². The summed E-state index contributed by atoms with van der Waals surface area (Å²) in [5.74, 6) is -0.0601. The molecule has 0 saturated heterocycles. The van der Waals surface area contributed by atoms with E-state index in [1.54, 1.807) is 26.0 Å². The molecule has 0 aliphatic rings. The lowest BCUT2D eigenvalue weighted by atomic mass is 10.2. The van der Waals surface area contributed by atoms with Crippen LogP contribution in [0, 0.1) is 34.1 Å². The number of hydrogen-bond acceptors (Lipinski definition) is 5. The second-order valence-electron chi connectivity index (χ2n) is 4.56. The van der Waals surface area contributed by atoms with E-state index in [1.807, 2.05) is 0 Å². The molecule has 0 amide bonds. The van der Waals surface area contributed by atoms with Crippen molar-refractivity contribution in [2.45, 2.75) is 13.8 Å². The largest absolute Gasteiger partial charge is 0.443 e. The minimum atomic E-state index is -0.581. The van der Waals surface area contributed by atoms with E-state index >= 15 is 0 Å². The number of ether oxygens (including phenoxy) is 1. The highest BCUT2D eigenvalue weighted by Crippen LogP contribution is 2.36. The van der Waals surface area contributed by atoms with Crippen molar-refractivity contribution in [2.75, 3.05) is 0 Å². The zero-order valence-electron chi connectivity index (χ0n) is 11.4. The number of nitro groups is 2. The van der Waals surface area contributed by atoms with Crippen LogP contribution in [0.1, 0.15) is 11.1 Å². The lowest BCUT2D eigenvalue weighted by molar-refractivity contribution is -0.387. The van der Waals surface area contributed by atoms with Crippen LogP contribution < -0.4 is 4.74 Å². The van der Waals surface area contributed by atoms with E-state index in [9.17, 15) is 20.2 Å². The predicted octanol–water partition coefficient (Wildman–Crippen LogP) is 3.91. The Morgan fingerprint density at radius 1 is 0.810 bits per heavy atom. The Hall–Kier alpha value is -2.96. The Morgan fingerprint density at radius 2 is 1.19 bits per heavy atom. The van der Waals surface area contributed by atoms with E-state index in [1.165, 1.54) is 24.3 Å². The molecule has 0 bridgehead atoms. The standard InChI is InChI=1S/C14H12N2O5/c1-9-3-5-13(11(7-9)15(17)18)21-14-6-4-10(2)8-12(14)16(19)20/h3-8H,1-2H3. The van der Waals surface area contributed by atoms with Crippen LogP contribution in [0.2, 0.25) is 0 Å². The van der Waals surface area contributed by atoms with Crippen molar-refractivity contribution < 1.29 is 14.6 Å². The Morgan fingerprint density at radius 3 is 1.52 bits per heavy atom. The van der Waals surface area contributed by atoms with Gasteiger partial charge in [0.2, 0.25) is 11.5 Å². The third-order valence-electron chi connectivity index (χ3n) is 2.84. The maximum absolute atomic E-state index is 11.0. The average Bonchev–Trinajstić information content (AvgIpc) is 2.42. The van der Waals surface area contributed by atoms with Crippen molar-refractivity contribution in [1.29, 1.82) is 0 Å². The summed E-state index contributed by atoms with van der Waals surface area (Å²) in [4.78, 5) is 20.9. The topological polar surface area (TPSA) is 95.5 Å². The van der Waals surface area contributed by atoms with E-state index < -0.39 is 9.85 Å². The molecule has 0 aromatic heterocycles. The van der Waals surface area contributed by atoms with Gasteiger partial charge in [0, 0.05) is 12.1 Å². The highest BCUT2D eigenvalue weighted by Gasteiger charge is 2.21. The summed E-state index contributed by atoms with van der Waals surface area (Å²) in [6, 6.07) is 8.85. The van der Waals surface area contributed by atoms with Crippen LogP contribution in [0.3, 0.4) is 0 Å². The third kappa shape index (κ3) is 3.14. The monoisotopic (exact) mass is 288 g/mol. The Balaban J connectivity index is 2.48. The van der Waals surface area contributed by atoms with Crippen molar-refractivity contribution in [1.82, 2.24) is 0 Å². The van der Waals surface area contributed by atoms with Gasteiger partial charge in [0.15, 0.2) is 0 Å². The summed E-state index contributed by atoms with van der Waals surface area (Å²) in [6.07, 6.45) is 0. The number of aryl methyl sites for hydroxylation is 2. The molecule has 108 valence electrons. The van der Waals surface area contributed by atoms with Crippen molar-refractivity contribution in [2.24, 2.45) is 0 Å². The number of nitro benzene ring substituents is 2. The highest BCUT2D eigenvalue weighted by atomic mass is 16.6. The van der Waals surface area contributed by atoms with Crippen LogP contribution in [0.5, 0.6) is 11.5 Å². The fraction of sp³-hybridized carbons (Fsp3) is 0.143. The first-order valence-corrected chi connectivity index (χ1v) is 6.06. The molecule has 7 heteroatoms. The van der Waals surface area contributed by atoms with Crippen LogP contribution in [0.4, 0.5) is 11.4 Å². The highest BCUT2D eigenvalue weighted by molar-refractivity contribution is 5.55. The summed E-state index contributed by atoms with van der Waals surface area (Å²) < 4.78 is 5.39. The zero-order valence-corrected chi connectivity index (χ0v) is 11.4. The maximum atomic E-state index is 11.0. The zero-order chi connectivity index (χ0) is 15.6. The molecule has 0 unspecified atom stereocenters. The van der Waals surface area contributed by atoms with Gasteiger partial charge in [-0.2, -0.15) is 0 Å². The van der Waals surface area contributed by atoms with Gasteiger partial charge < -0.3 is 4.74 Å². The molecular weight excluding hydrogens is 276 g/mol. The molecule has 0 aliphatic heterocycles. The van der Waals surface area contributed by atoms with Gasteiger partial charge in [-0.3, -0.25) is 20.2 Å². The molecule has 2 rings (SSSR count). The number of hydrogen-bond donors (Lipinski definition) is 0. The van der Waals surface area contributed by atoms with Gasteiger partial charge in [-0.1, -0.05) is 12.1 Å². The van der Waals surface area contributed by atoms with Gasteiger partial charge in [0.25, 0.3) is 0 Å². The molecular formula is C14H12N2O5. The fourth-order valence-electron chi connectivity index (χ4n) is 1.83. The Kier molecular flexibility index (Phi) is 3.84. The Labute approximate surface area is 120 Å². The van der Waals surface area contributed by atoms with Crippen LogP contribution in [0.25, 0.3) is 0 Å². The molecule has 0 radical (unpaired) electrons. The minimum absolute atomic E-state index is 0.0300. The van der Waals surface area contributed by atoms with Crippen molar-refractivity contribution in [3.63, 3.8) is 0 Å². The molecule has 0 saturated carbocycles. The normalized spacial score (nSPS) is 10.2. The molecule has 2 aromatic rings. The Bertz CT molecular complexity index is 666. The summed E-state index contributed by atoms with van der Waals surface area (Å²) in [7, 11) is 0. The van der Waals surface area contributed by atoms with Crippen LogP contribution in [0.15, 0.2) is 36.4 Å². The molecule has 0 atom stereocenters. The SMILES string of the molecule is Cc1ccc(Oc2ccc(C)cc2[N+](=O)[O-])c([N+](=O)[O-])c1. The predicted molar refractivity (Wildman–Crippen MR) is 75.7 cm³/mol. The van der Waals surface area contributed by atoms with E-state index in [4.69, 9.17) is 4.74 Å². The van der Waals surface area contributed by atoms with Gasteiger partial charge in [0.1, 0.15) is 0 Å². The van der Waals surface area contributed by atoms with Gasteiger partial charge in [-0.25, -0.2) is 0 Å². The molecule has 0 aliphatic carbocycles. The number of benzene rings is 2. The van der Waals surface area contributed by atoms with Crippen LogP contribution in [-0.2, 0) is 0 Å². The summed E-state index contributed by atoms with van der Waals surface area (Å²) >= 11 is 0. The number of nitrogens with zero attached hydrogens (tertiary/aromatic N) is 2. The van der Waals surface area contributed by atoms with Crippen LogP contribution >= 0.6 is 0 Å². The van der Waals surface area contributed by atoms with Gasteiger partial charge in [-0.05, 0) is 37.1 Å². The molecule has 0 fully saturated rings. The second kappa shape index (κ2) is 5.58.